The number of rotatable bonds is 2. The first kappa shape index (κ1) is 14.8. The second kappa shape index (κ2) is 6.69. The van der Waals surface area contributed by atoms with Crippen LogP contribution in [0.5, 0.6) is 0 Å². The van der Waals surface area contributed by atoms with E-state index >= 15 is 0 Å². The highest BCUT2D eigenvalue weighted by molar-refractivity contribution is 5.55. The van der Waals surface area contributed by atoms with Crippen LogP contribution in [0.1, 0.15) is 11.1 Å². The third-order valence-corrected chi connectivity index (χ3v) is 2.66. The van der Waals surface area contributed by atoms with Crippen LogP contribution in [0, 0.1) is 43.9 Å². The molecule has 0 saturated heterocycles. The van der Waals surface area contributed by atoms with Gasteiger partial charge in [0.2, 0.25) is 0 Å². The van der Waals surface area contributed by atoms with E-state index in [1.54, 1.807) is 24.3 Å². The van der Waals surface area contributed by atoms with Gasteiger partial charge in [-0.2, -0.15) is 0 Å². The van der Waals surface area contributed by atoms with Gasteiger partial charge in [0.25, 0.3) is 11.4 Å². The van der Waals surface area contributed by atoms with Gasteiger partial charge >= 0.3 is 0 Å². The third-order valence-electron chi connectivity index (χ3n) is 2.66. The summed E-state index contributed by atoms with van der Waals surface area (Å²) in [4.78, 5) is 20.6. The maximum Gasteiger partial charge on any atom is 0.284 e. The van der Waals surface area contributed by atoms with Crippen molar-refractivity contribution in [2.75, 3.05) is 0 Å². The summed E-state index contributed by atoms with van der Waals surface area (Å²) in [5.74, 6) is 10.1. The van der Waals surface area contributed by atoms with Crippen molar-refractivity contribution in [1.82, 2.24) is 0 Å². The fourth-order valence-electron chi connectivity index (χ4n) is 1.67. The molecule has 0 aliphatic rings. The van der Waals surface area contributed by atoms with E-state index in [0.717, 1.165) is 0 Å². The van der Waals surface area contributed by atoms with Crippen LogP contribution in [0.4, 0.5) is 11.4 Å². The minimum absolute atomic E-state index is 0.109. The van der Waals surface area contributed by atoms with Gasteiger partial charge in [-0.1, -0.05) is 24.3 Å². The molecule has 0 aliphatic heterocycles. The second-order valence-electron chi connectivity index (χ2n) is 4.05. The van der Waals surface area contributed by atoms with Crippen LogP contribution >= 0.6 is 0 Å². The second-order valence-corrected chi connectivity index (χ2v) is 4.05. The first-order valence-electron chi connectivity index (χ1n) is 6.08. The number of hydrogen-bond donors (Lipinski definition) is 0. The molecule has 0 unspecified atom stereocenters. The standard InChI is InChI=1S/C16H8N2O4/c19-17(20)15-11-5-3-9-13(15)7-1-2-8-14-10-4-6-12-16(14)18(21)22/h3-6,9-12H. The molecule has 0 amide bonds. The predicted molar refractivity (Wildman–Crippen MR) is 79.9 cm³/mol. The molecule has 6 nitrogen and oxygen atoms in total. The number of hydrogen-bond acceptors (Lipinski definition) is 4. The molecule has 0 aliphatic carbocycles. The summed E-state index contributed by atoms with van der Waals surface area (Å²) in [6, 6.07) is 12.1. The number of nitro groups is 2. The minimum atomic E-state index is -0.528. The Hall–Kier alpha value is -3.64. The molecule has 6 heteroatoms. The van der Waals surface area contributed by atoms with Crippen LogP contribution in [-0.2, 0) is 0 Å². The lowest BCUT2D eigenvalue weighted by Gasteiger charge is -1.93. The number of para-hydroxylation sites is 2. The first-order valence-corrected chi connectivity index (χ1v) is 6.08. The molecule has 0 saturated carbocycles. The van der Waals surface area contributed by atoms with Gasteiger partial charge in [-0.25, -0.2) is 0 Å². The molecule has 2 rings (SSSR count). The predicted octanol–water partition coefficient (Wildman–Crippen LogP) is 2.91. The Kier molecular flexibility index (Phi) is 4.49. The van der Waals surface area contributed by atoms with Gasteiger partial charge in [-0.05, 0) is 35.8 Å². The smallest absolute Gasteiger partial charge is 0.258 e. The van der Waals surface area contributed by atoms with Crippen molar-refractivity contribution in [3.63, 3.8) is 0 Å². The maximum atomic E-state index is 10.8. The van der Waals surface area contributed by atoms with E-state index in [9.17, 15) is 20.2 Å². The summed E-state index contributed by atoms with van der Waals surface area (Å²) < 4.78 is 0. The highest BCUT2D eigenvalue weighted by Gasteiger charge is 2.10. The Morgan fingerprint density at radius 3 is 1.41 bits per heavy atom. The molecular formula is C16H8N2O4. The van der Waals surface area contributed by atoms with E-state index in [4.69, 9.17) is 0 Å². The van der Waals surface area contributed by atoms with Crippen LogP contribution in [0.15, 0.2) is 48.5 Å². The van der Waals surface area contributed by atoms with E-state index in [0.29, 0.717) is 0 Å². The molecule has 0 fully saturated rings. The average Bonchev–Trinajstić information content (AvgIpc) is 2.52. The van der Waals surface area contributed by atoms with Gasteiger partial charge in [0, 0.05) is 12.1 Å². The van der Waals surface area contributed by atoms with Gasteiger partial charge in [-0.15, -0.1) is 0 Å². The molecule has 0 N–H and O–H groups in total. The van der Waals surface area contributed by atoms with Crippen LogP contribution in [0.2, 0.25) is 0 Å². The molecule has 106 valence electrons. The zero-order valence-electron chi connectivity index (χ0n) is 11.1. The molecule has 0 atom stereocenters. The molecular weight excluding hydrogens is 284 g/mol. The summed E-state index contributed by atoms with van der Waals surface area (Å²) in [5.41, 5.74) is 0.263. The zero-order chi connectivity index (χ0) is 15.9. The Bertz CT molecular complexity index is 793. The van der Waals surface area contributed by atoms with E-state index in [2.05, 4.69) is 23.7 Å². The summed E-state index contributed by atoms with van der Waals surface area (Å²) in [7, 11) is 0. The van der Waals surface area contributed by atoms with E-state index in [1.807, 2.05) is 0 Å². The number of benzene rings is 2. The van der Waals surface area contributed by atoms with Gasteiger partial charge in [0.1, 0.15) is 11.1 Å². The molecule has 2 aromatic carbocycles. The molecule has 0 bridgehead atoms. The average molecular weight is 292 g/mol. The van der Waals surface area contributed by atoms with Crippen molar-refractivity contribution < 1.29 is 9.85 Å². The van der Waals surface area contributed by atoms with Gasteiger partial charge in [0.15, 0.2) is 0 Å². The monoisotopic (exact) mass is 292 g/mol. The first-order chi connectivity index (χ1) is 10.6. The topological polar surface area (TPSA) is 86.3 Å². The molecule has 2 aromatic rings. The van der Waals surface area contributed by atoms with Gasteiger partial charge < -0.3 is 0 Å². The lowest BCUT2D eigenvalue weighted by atomic mass is 10.2. The van der Waals surface area contributed by atoms with Crippen LogP contribution in [-0.4, -0.2) is 9.85 Å². The van der Waals surface area contributed by atoms with Crippen molar-refractivity contribution in [2.45, 2.75) is 0 Å². The third kappa shape index (κ3) is 3.47. The highest BCUT2D eigenvalue weighted by atomic mass is 16.6. The molecule has 0 radical (unpaired) electrons. The van der Waals surface area contributed by atoms with Crippen molar-refractivity contribution in [1.29, 1.82) is 0 Å². The Labute approximate surface area is 125 Å². The van der Waals surface area contributed by atoms with Crippen LogP contribution < -0.4 is 0 Å². The normalized spacial score (nSPS) is 8.91. The Morgan fingerprint density at radius 1 is 0.682 bits per heavy atom. The number of nitrogens with zero attached hydrogens (tertiary/aromatic N) is 2. The lowest BCUT2D eigenvalue weighted by Crippen LogP contribution is -1.91. The summed E-state index contributed by atoms with van der Waals surface area (Å²) in [6.45, 7) is 0. The zero-order valence-corrected chi connectivity index (χ0v) is 11.1. The van der Waals surface area contributed by atoms with E-state index in [-0.39, 0.29) is 22.5 Å². The fraction of sp³-hybridized carbons (Fsp3) is 0. The Morgan fingerprint density at radius 2 is 1.05 bits per heavy atom. The Balaban J connectivity index is 2.31. The van der Waals surface area contributed by atoms with E-state index in [1.165, 1.54) is 24.3 Å². The largest absolute Gasteiger partial charge is 0.284 e. The van der Waals surface area contributed by atoms with Crippen molar-refractivity contribution in [3.05, 3.63) is 79.9 Å². The molecule has 0 aromatic heterocycles. The molecule has 0 heterocycles. The number of nitro benzene ring substituents is 2. The van der Waals surface area contributed by atoms with Gasteiger partial charge in [-0.3, -0.25) is 20.2 Å². The van der Waals surface area contributed by atoms with Crippen molar-refractivity contribution in [2.24, 2.45) is 0 Å². The van der Waals surface area contributed by atoms with Crippen molar-refractivity contribution in [3.8, 4) is 23.7 Å². The van der Waals surface area contributed by atoms with Crippen LogP contribution in [0.3, 0.4) is 0 Å². The SMILES string of the molecule is O=[N+]([O-])c1ccccc1C#CC#Cc1ccccc1[N+](=O)[O-]. The maximum absolute atomic E-state index is 10.8. The van der Waals surface area contributed by atoms with Crippen molar-refractivity contribution >= 4 is 11.4 Å². The van der Waals surface area contributed by atoms with E-state index < -0.39 is 9.85 Å². The van der Waals surface area contributed by atoms with Gasteiger partial charge in [0.05, 0.1) is 9.85 Å². The summed E-state index contributed by atoms with van der Waals surface area (Å²) in [5, 5.41) is 21.6. The summed E-state index contributed by atoms with van der Waals surface area (Å²) >= 11 is 0. The lowest BCUT2D eigenvalue weighted by molar-refractivity contribution is -0.385. The fourth-order valence-corrected chi connectivity index (χ4v) is 1.67. The highest BCUT2D eigenvalue weighted by Crippen LogP contribution is 2.16. The molecule has 0 spiro atoms. The molecule has 22 heavy (non-hydrogen) atoms. The minimum Gasteiger partial charge on any atom is -0.258 e. The van der Waals surface area contributed by atoms with Crippen LogP contribution in [0.25, 0.3) is 0 Å². The quantitative estimate of drug-likeness (QED) is 0.484. The summed E-state index contributed by atoms with van der Waals surface area (Å²) in [6.07, 6.45) is 0.